The molecule has 2 heterocycles. The maximum absolute atomic E-state index is 11.3. The number of hydrogen-bond acceptors (Lipinski definition) is 8. The summed E-state index contributed by atoms with van der Waals surface area (Å²) in [6.07, 6.45) is 1.40. The molecule has 0 N–H and O–H groups in total. The number of nitrogens with zero attached hydrogens (tertiary/aromatic N) is 5. The molecular weight excluding hydrogens is 302 g/mol. The number of aromatic nitrogens is 5. The molecule has 0 bridgehead atoms. The van der Waals surface area contributed by atoms with Crippen molar-refractivity contribution < 1.29 is 18.8 Å². The number of ether oxygens (including phenoxy) is 2. The summed E-state index contributed by atoms with van der Waals surface area (Å²) in [5.41, 5.74) is 0.776. The molecule has 9 nitrogen and oxygen atoms in total. The third kappa shape index (κ3) is 3.18. The molecule has 0 aliphatic rings. The molecule has 23 heavy (non-hydrogen) atoms. The highest BCUT2D eigenvalue weighted by Gasteiger charge is 2.14. The fourth-order valence-corrected chi connectivity index (χ4v) is 1.87. The molecule has 0 saturated heterocycles. The molecule has 118 valence electrons. The highest BCUT2D eigenvalue weighted by Crippen LogP contribution is 2.20. The first-order valence-corrected chi connectivity index (χ1v) is 6.64. The van der Waals surface area contributed by atoms with Gasteiger partial charge in [-0.2, -0.15) is 4.98 Å². The predicted octanol–water partition coefficient (Wildman–Crippen LogP) is 1.17. The van der Waals surface area contributed by atoms with E-state index in [9.17, 15) is 4.79 Å². The summed E-state index contributed by atoms with van der Waals surface area (Å²) in [5, 5.41) is 7.86. The van der Waals surface area contributed by atoms with Crippen LogP contribution in [0, 0.1) is 0 Å². The van der Waals surface area contributed by atoms with Crippen LogP contribution in [-0.4, -0.2) is 45.1 Å². The second-order valence-electron chi connectivity index (χ2n) is 4.50. The molecular formula is C14H13N5O4. The third-order valence-electron chi connectivity index (χ3n) is 3.01. The van der Waals surface area contributed by atoms with Crippen molar-refractivity contribution in [3.05, 3.63) is 42.2 Å². The van der Waals surface area contributed by atoms with E-state index in [-0.39, 0.29) is 12.4 Å². The summed E-state index contributed by atoms with van der Waals surface area (Å²) in [6.45, 7) is 0.226. The molecule has 0 spiro atoms. The van der Waals surface area contributed by atoms with Gasteiger partial charge in [0.25, 0.3) is 11.7 Å². The molecule has 0 radical (unpaired) electrons. The first-order chi connectivity index (χ1) is 11.2. The molecule has 3 aromatic rings. The lowest BCUT2D eigenvalue weighted by atomic mass is 10.2. The minimum absolute atomic E-state index is 0.0219. The maximum atomic E-state index is 11.3. The molecule has 0 amide bonds. The second-order valence-corrected chi connectivity index (χ2v) is 4.50. The van der Waals surface area contributed by atoms with Gasteiger partial charge in [-0.25, -0.2) is 14.5 Å². The zero-order chi connectivity index (χ0) is 16.2. The highest BCUT2D eigenvalue weighted by atomic mass is 16.5. The minimum Gasteiger partial charge on any atom is -0.497 e. The molecule has 3 rings (SSSR count). The van der Waals surface area contributed by atoms with Gasteiger partial charge in [0.2, 0.25) is 0 Å². The first-order valence-electron chi connectivity index (χ1n) is 6.64. The molecule has 1 aromatic carbocycles. The van der Waals surface area contributed by atoms with Crippen LogP contribution in [0.3, 0.4) is 0 Å². The van der Waals surface area contributed by atoms with Crippen LogP contribution in [0.15, 0.2) is 35.1 Å². The van der Waals surface area contributed by atoms with E-state index in [0.29, 0.717) is 11.7 Å². The Morgan fingerprint density at radius 1 is 1.26 bits per heavy atom. The number of esters is 1. The summed E-state index contributed by atoms with van der Waals surface area (Å²) in [4.78, 5) is 19.4. The van der Waals surface area contributed by atoms with Gasteiger partial charge < -0.3 is 14.0 Å². The maximum Gasteiger partial charge on any atom is 0.377 e. The second kappa shape index (κ2) is 6.26. The summed E-state index contributed by atoms with van der Waals surface area (Å²) >= 11 is 0. The quantitative estimate of drug-likeness (QED) is 0.646. The van der Waals surface area contributed by atoms with Gasteiger partial charge in [-0.1, -0.05) is 5.16 Å². The summed E-state index contributed by atoms with van der Waals surface area (Å²) < 4.78 is 16.3. The number of methoxy groups -OCH3 is 2. The lowest BCUT2D eigenvalue weighted by Gasteiger charge is -1.98. The fourth-order valence-electron chi connectivity index (χ4n) is 1.87. The van der Waals surface area contributed by atoms with Gasteiger partial charge in [-0.3, -0.25) is 0 Å². The van der Waals surface area contributed by atoms with Crippen LogP contribution >= 0.6 is 0 Å². The average Bonchev–Trinajstić information content (AvgIpc) is 3.24. The number of rotatable bonds is 5. The van der Waals surface area contributed by atoms with E-state index in [1.807, 2.05) is 12.1 Å². The topological polar surface area (TPSA) is 105 Å². The Labute approximate surface area is 130 Å². The third-order valence-corrected chi connectivity index (χ3v) is 3.01. The van der Waals surface area contributed by atoms with Crippen LogP contribution in [0.25, 0.3) is 11.5 Å². The van der Waals surface area contributed by atoms with Gasteiger partial charge in [-0.05, 0) is 24.3 Å². The zero-order valence-electron chi connectivity index (χ0n) is 12.5. The standard InChI is InChI=1S/C14H13N5O4/c1-21-10-5-3-9(4-6-10)13-16-11(18-23-13)7-19-8-15-12(17-19)14(20)22-2/h3-6,8H,7H2,1-2H3. The Morgan fingerprint density at radius 2 is 2.04 bits per heavy atom. The van der Waals surface area contributed by atoms with Crippen molar-refractivity contribution in [3.63, 3.8) is 0 Å². The molecule has 0 aliphatic carbocycles. The Morgan fingerprint density at radius 3 is 2.74 bits per heavy atom. The molecule has 0 saturated carbocycles. The van der Waals surface area contributed by atoms with Crippen molar-refractivity contribution in [1.29, 1.82) is 0 Å². The Bertz CT molecular complexity index is 809. The smallest absolute Gasteiger partial charge is 0.377 e. The molecule has 9 heteroatoms. The summed E-state index contributed by atoms with van der Waals surface area (Å²) in [7, 11) is 2.86. The highest BCUT2D eigenvalue weighted by molar-refractivity contribution is 5.84. The van der Waals surface area contributed by atoms with E-state index in [4.69, 9.17) is 9.26 Å². The Kier molecular flexibility index (Phi) is 4.00. The molecule has 0 atom stereocenters. The average molecular weight is 315 g/mol. The number of carbonyl (C=O) groups is 1. The van der Waals surface area contributed by atoms with E-state index in [2.05, 4.69) is 25.0 Å². The SMILES string of the molecule is COC(=O)c1ncn(Cc2noc(-c3ccc(OC)cc3)n2)n1. The van der Waals surface area contributed by atoms with E-state index < -0.39 is 5.97 Å². The van der Waals surface area contributed by atoms with Crippen LogP contribution < -0.4 is 4.74 Å². The Balaban J connectivity index is 1.73. The lowest BCUT2D eigenvalue weighted by molar-refractivity contribution is 0.0586. The molecule has 0 fully saturated rings. The Hall–Kier alpha value is -3.23. The summed E-state index contributed by atoms with van der Waals surface area (Å²) in [5.74, 6) is 0.918. The van der Waals surface area contributed by atoms with Crippen LogP contribution in [0.2, 0.25) is 0 Å². The number of carbonyl (C=O) groups excluding carboxylic acids is 1. The van der Waals surface area contributed by atoms with Crippen LogP contribution in [0.4, 0.5) is 0 Å². The molecule has 0 aliphatic heterocycles. The van der Waals surface area contributed by atoms with Gasteiger partial charge in [0, 0.05) is 5.56 Å². The van der Waals surface area contributed by atoms with Crippen LogP contribution in [-0.2, 0) is 11.3 Å². The van der Waals surface area contributed by atoms with Gasteiger partial charge >= 0.3 is 5.97 Å². The largest absolute Gasteiger partial charge is 0.497 e. The van der Waals surface area contributed by atoms with Gasteiger partial charge in [0.15, 0.2) is 5.82 Å². The van der Waals surface area contributed by atoms with E-state index in [1.54, 1.807) is 19.2 Å². The van der Waals surface area contributed by atoms with Crippen LogP contribution in [0.5, 0.6) is 5.75 Å². The zero-order valence-corrected chi connectivity index (χ0v) is 12.5. The van der Waals surface area contributed by atoms with Crippen LogP contribution in [0.1, 0.15) is 16.4 Å². The van der Waals surface area contributed by atoms with E-state index in [0.717, 1.165) is 11.3 Å². The molecule has 0 unspecified atom stereocenters. The fraction of sp³-hybridized carbons (Fsp3) is 0.214. The van der Waals surface area contributed by atoms with Crippen molar-refractivity contribution in [2.75, 3.05) is 14.2 Å². The van der Waals surface area contributed by atoms with E-state index >= 15 is 0 Å². The van der Waals surface area contributed by atoms with Crippen molar-refractivity contribution >= 4 is 5.97 Å². The molecule has 2 aromatic heterocycles. The van der Waals surface area contributed by atoms with E-state index in [1.165, 1.54) is 18.1 Å². The van der Waals surface area contributed by atoms with Crippen molar-refractivity contribution in [1.82, 2.24) is 24.9 Å². The van der Waals surface area contributed by atoms with Gasteiger partial charge in [0.05, 0.1) is 14.2 Å². The lowest BCUT2D eigenvalue weighted by Crippen LogP contribution is -2.07. The number of hydrogen-bond donors (Lipinski definition) is 0. The normalized spacial score (nSPS) is 10.5. The first kappa shape index (κ1) is 14.7. The van der Waals surface area contributed by atoms with Gasteiger partial charge in [-0.15, -0.1) is 5.10 Å². The minimum atomic E-state index is -0.601. The monoisotopic (exact) mass is 315 g/mol. The van der Waals surface area contributed by atoms with Crippen molar-refractivity contribution in [3.8, 4) is 17.2 Å². The predicted molar refractivity (Wildman–Crippen MR) is 76.7 cm³/mol. The van der Waals surface area contributed by atoms with Gasteiger partial charge in [0.1, 0.15) is 18.6 Å². The number of benzene rings is 1. The summed E-state index contributed by atoms with van der Waals surface area (Å²) in [6, 6.07) is 7.25. The van der Waals surface area contributed by atoms with Crippen molar-refractivity contribution in [2.24, 2.45) is 0 Å². The van der Waals surface area contributed by atoms with Crippen molar-refractivity contribution in [2.45, 2.75) is 6.54 Å².